The Hall–Kier alpha value is -1.19. The Morgan fingerprint density at radius 2 is 1.94 bits per heavy atom. The number of nitrogens with one attached hydrogen (secondary N) is 1. The minimum absolute atomic E-state index is 0.124. The highest BCUT2D eigenvalue weighted by Crippen LogP contribution is 2.30. The Labute approximate surface area is 120 Å². The minimum Gasteiger partial charge on any atom is -0.399 e. The van der Waals surface area contributed by atoms with E-state index in [0.717, 1.165) is 26.4 Å². The van der Waals surface area contributed by atoms with Gasteiger partial charge in [0.05, 0.1) is 6.04 Å². The molecular formula is C14H14BrClN2. The van der Waals surface area contributed by atoms with Gasteiger partial charge < -0.3 is 11.1 Å². The fourth-order valence-corrected chi connectivity index (χ4v) is 2.60. The van der Waals surface area contributed by atoms with Gasteiger partial charge in [0.15, 0.2) is 0 Å². The van der Waals surface area contributed by atoms with Crippen LogP contribution < -0.4 is 11.1 Å². The summed E-state index contributed by atoms with van der Waals surface area (Å²) in [4.78, 5) is 0. The predicted molar refractivity (Wildman–Crippen MR) is 82.0 cm³/mol. The highest BCUT2D eigenvalue weighted by molar-refractivity contribution is 9.10. The van der Waals surface area contributed by atoms with E-state index in [4.69, 9.17) is 17.3 Å². The second-order valence-corrected chi connectivity index (χ2v) is 5.39. The van der Waals surface area contributed by atoms with Crippen LogP contribution in [0.3, 0.4) is 0 Å². The standard InChI is InChI=1S/C14H14BrClN2/c1-9(11-4-2-3-5-13(11)16)18-14-7-6-10(17)8-12(14)15/h2-9,18H,17H2,1H3. The second-order valence-electron chi connectivity index (χ2n) is 4.13. The average molecular weight is 326 g/mol. The summed E-state index contributed by atoms with van der Waals surface area (Å²) in [6, 6.07) is 13.6. The third-order valence-electron chi connectivity index (χ3n) is 2.74. The lowest BCUT2D eigenvalue weighted by Gasteiger charge is -2.18. The number of rotatable bonds is 3. The SMILES string of the molecule is CC(Nc1ccc(N)cc1Br)c1ccccc1Cl. The highest BCUT2D eigenvalue weighted by atomic mass is 79.9. The van der Waals surface area contributed by atoms with Gasteiger partial charge in [0.25, 0.3) is 0 Å². The Bertz CT molecular complexity index is 557. The van der Waals surface area contributed by atoms with Gasteiger partial charge in [-0.3, -0.25) is 0 Å². The van der Waals surface area contributed by atoms with Crippen molar-refractivity contribution in [3.63, 3.8) is 0 Å². The zero-order valence-corrected chi connectivity index (χ0v) is 12.3. The van der Waals surface area contributed by atoms with E-state index in [1.807, 2.05) is 42.5 Å². The Morgan fingerprint density at radius 1 is 1.22 bits per heavy atom. The fraction of sp³-hybridized carbons (Fsp3) is 0.143. The summed E-state index contributed by atoms with van der Waals surface area (Å²) >= 11 is 9.67. The topological polar surface area (TPSA) is 38.0 Å². The lowest BCUT2D eigenvalue weighted by Crippen LogP contribution is -2.07. The number of hydrogen-bond acceptors (Lipinski definition) is 2. The van der Waals surface area contributed by atoms with Crippen molar-refractivity contribution in [1.29, 1.82) is 0 Å². The van der Waals surface area contributed by atoms with Crippen LogP contribution in [0.4, 0.5) is 11.4 Å². The molecule has 0 aliphatic carbocycles. The first-order chi connectivity index (χ1) is 8.58. The summed E-state index contributed by atoms with van der Waals surface area (Å²) in [6.45, 7) is 2.07. The van der Waals surface area contributed by atoms with E-state index in [0.29, 0.717) is 0 Å². The molecule has 0 bridgehead atoms. The Balaban J connectivity index is 2.21. The van der Waals surface area contributed by atoms with Crippen LogP contribution in [0.15, 0.2) is 46.9 Å². The van der Waals surface area contributed by atoms with Crippen LogP contribution in [0.25, 0.3) is 0 Å². The monoisotopic (exact) mass is 324 g/mol. The van der Waals surface area contributed by atoms with Crippen molar-refractivity contribution in [3.8, 4) is 0 Å². The molecule has 0 radical (unpaired) electrons. The number of anilines is 2. The van der Waals surface area contributed by atoms with E-state index in [2.05, 4.69) is 28.2 Å². The first-order valence-electron chi connectivity index (χ1n) is 5.64. The molecular weight excluding hydrogens is 312 g/mol. The molecule has 0 spiro atoms. The molecule has 94 valence electrons. The summed E-state index contributed by atoms with van der Waals surface area (Å²) in [5.74, 6) is 0. The molecule has 0 amide bonds. The molecule has 0 aromatic heterocycles. The van der Waals surface area contributed by atoms with E-state index >= 15 is 0 Å². The molecule has 4 heteroatoms. The molecule has 0 aliphatic rings. The van der Waals surface area contributed by atoms with Gasteiger partial charge in [0.2, 0.25) is 0 Å². The molecule has 0 saturated carbocycles. The van der Waals surface area contributed by atoms with E-state index < -0.39 is 0 Å². The summed E-state index contributed by atoms with van der Waals surface area (Å²) < 4.78 is 0.946. The molecule has 2 aromatic rings. The molecule has 0 heterocycles. The first-order valence-corrected chi connectivity index (χ1v) is 6.81. The Morgan fingerprint density at radius 3 is 2.61 bits per heavy atom. The highest BCUT2D eigenvalue weighted by Gasteiger charge is 2.10. The largest absolute Gasteiger partial charge is 0.399 e. The molecule has 1 atom stereocenters. The smallest absolute Gasteiger partial charge is 0.0500 e. The van der Waals surface area contributed by atoms with Gasteiger partial charge in [-0.15, -0.1) is 0 Å². The van der Waals surface area contributed by atoms with Crippen LogP contribution in [0.5, 0.6) is 0 Å². The molecule has 3 N–H and O–H groups in total. The fourth-order valence-electron chi connectivity index (χ4n) is 1.79. The van der Waals surface area contributed by atoms with Crippen LogP contribution in [0.1, 0.15) is 18.5 Å². The summed E-state index contributed by atoms with van der Waals surface area (Å²) in [5, 5.41) is 4.18. The van der Waals surface area contributed by atoms with Gasteiger partial charge in [0.1, 0.15) is 0 Å². The average Bonchev–Trinajstić information content (AvgIpc) is 2.33. The van der Waals surface area contributed by atoms with Gasteiger partial charge in [-0.1, -0.05) is 29.8 Å². The number of nitrogen functional groups attached to an aromatic ring is 1. The summed E-state index contributed by atoms with van der Waals surface area (Å²) in [5.41, 5.74) is 8.52. The molecule has 0 saturated heterocycles. The number of benzene rings is 2. The van der Waals surface area contributed by atoms with Crippen LogP contribution in [0, 0.1) is 0 Å². The van der Waals surface area contributed by atoms with Gasteiger partial charge in [-0.25, -0.2) is 0 Å². The lowest BCUT2D eigenvalue weighted by atomic mass is 10.1. The van der Waals surface area contributed by atoms with Gasteiger partial charge in [-0.2, -0.15) is 0 Å². The van der Waals surface area contributed by atoms with Crippen molar-refractivity contribution in [3.05, 3.63) is 57.5 Å². The van der Waals surface area contributed by atoms with Crippen LogP contribution in [-0.2, 0) is 0 Å². The molecule has 2 rings (SSSR count). The van der Waals surface area contributed by atoms with Gasteiger partial charge in [0, 0.05) is 20.9 Å². The van der Waals surface area contributed by atoms with E-state index in [9.17, 15) is 0 Å². The van der Waals surface area contributed by atoms with Crippen molar-refractivity contribution in [2.75, 3.05) is 11.1 Å². The van der Waals surface area contributed by atoms with Crippen molar-refractivity contribution in [1.82, 2.24) is 0 Å². The third kappa shape index (κ3) is 2.98. The minimum atomic E-state index is 0.124. The van der Waals surface area contributed by atoms with Crippen molar-refractivity contribution in [2.24, 2.45) is 0 Å². The van der Waals surface area contributed by atoms with E-state index in [1.54, 1.807) is 0 Å². The maximum Gasteiger partial charge on any atom is 0.0500 e. The quantitative estimate of drug-likeness (QED) is 0.791. The number of hydrogen-bond donors (Lipinski definition) is 2. The molecule has 1 unspecified atom stereocenters. The van der Waals surface area contributed by atoms with Gasteiger partial charge in [-0.05, 0) is 52.7 Å². The van der Waals surface area contributed by atoms with Crippen molar-refractivity contribution >= 4 is 38.9 Å². The Kier molecular flexibility index (Phi) is 4.15. The molecule has 0 aliphatic heterocycles. The van der Waals surface area contributed by atoms with Crippen LogP contribution in [0.2, 0.25) is 5.02 Å². The molecule has 2 nitrogen and oxygen atoms in total. The summed E-state index contributed by atoms with van der Waals surface area (Å²) in [6.07, 6.45) is 0. The second kappa shape index (κ2) is 5.63. The normalized spacial score (nSPS) is 12.2. The van der Waals surface area contributed by atoms with Crippen molar-refractivity contribution < 1.29 is 0 Å². The molecule has 18 heavy (non-hydrogen) atoms. The van der Waals surface area contributed by atoms with Gasteiger partial charge >= 0.3 is 0 Å². The molecule has 2 aromatic carbocycles. The number of nitrogens with two attached hydrogens (primary N) is 1. The molecule has 0 fully saturated rings. The van der Waals surface area contributed by atoms with Crippen LogP contribution in [-0.4, -0.2) is 0 Å². The maximum atomic E-state index is 6.18. The zero-order valence-electron chi connectivity index (χ0n) is 9.95. The predicted octanol–water partition coefficient (Wildman–Crippen LogP) is 4.86. The lowest BCUT2D eigenvalue weighted by molar-refractivity contribution is 0.884. The number of halogens is 2. The maximum absolute atomic E-state index is 6.18. The zero-order chi connectivity index (χ0) is 13.1. The van der Waals surface area contributed by atoms with Crippen LogP contribution >= 0.6 is 27.5 Å². The van der Waals surface area contributed by atoms with Crippen molar-refractivity contribution in [2.45, 2.75) is 13.0 Å². The van der Waals surface area contributed by atoms with E-state index in [1.165, 1.54) is 0 Å². The first kappa shape index (κ1) is 13.2. The van der Waals surface area contributed by atoms with E-state index in [-0.39, 0.29) is 6.04 Å². The third-order valence-corrected chi connectivity index (χ3v) is 3.74. The summed E-state index contributed by atoms with van der Waals surface area (Å²) in [7, 11) is 0.